The summed E-state index contributed by atoms with van der Waals surface area (Å²) in [5.74, 6) is -0.164. The average Bonchev–Trinajstić information content (AvgIpc) is 3.15. The van der Waals surface area contributed by atoms with Crippen LogP contribution >= 0.6 is 0 Å². The summed E-state index contributed by atoms with van der Waals surface area (Å²) in [6.07, 6.45) is 3.34. The number of piperidine rings is 1. The van der Waals surface area contributed by atoms with E-state index in [1.807, 2.05) is 13.0 Å². The second-order valence-electron chi connectivity index (χ2n) is 7.41. The van der Waals surface area contributed by atoms with Gasteiger partial charge in [-0.05, 0) is 38.7 Å². The molecule has 0 radical (unpaired) electrons. The Bertz CT molecular complexity index is 1170. The number of amides is 1. The van der Waals surface area contributed by atoms with Crippen LogP contribution in [-0.2, 0) is 17.8 Å². The van der Waals surface area contributed by atoms with Crippen LogP contribution in [0.25, 0.3) is 5.65 Å². The molecule has 4 rings (SSSR count). The molecule has 1 fully saturated rings. The minimum Gasteiger partial charge on any atom is -0.333 e. The van der Waals surface area contributed by atoms with E-state index >= 15 is 0 Å². The lowest BCUT2D eigenvalue weighted by atomic mass is 9.99. The molecule has 1 atom stereocenters. The lowest BCUT2D eigenvalue weighted by Crippen LogP contribution is -2.42. The molecular formula is C20H24N6O3. The highest BCUT2D eigenvalue weighted by atomic mass is 16.2. The highest BCUT2D eigenvalue weighted by Crippen LogP contribution is 2.30. The van der Waals surface area contributed by atoms with Crippen molar-refractivity contribution in [2.75, 3.05) is 6.54 Å². The van der Waals surface area contributed by atoms with Crippen molar-refractivity contribution in [2.24, 2.45) is 0 Å². The summed E-state index contributed by atoms with van der Waals surface area (Å²) in [6, 6.07) is 6.22. The molecule has 1 amide bonds. The minimum atomic E-state index is -0.300. The molecule has 3 aromatic heterocycles. The molecular weight excluding hydrogens is 372 g/mol. The van der Waals surface area contributed by atoms with Gasteiger partial charge in [-0.15, -0.1) is 0 Å². The van der Waals surface area contributed by atoms with Crippen molar-refractivity contribution in [3.8, 4) is 0 Å². The van der Waals surface area contributed by atoms with E-state index in [2.05, 4.69) is 15.2 Å². The standard InChI is InChI=1S/C20H24N6O3/c1-3-14-10-19(28)26-17(21-14)11-15(23-26)16-6-4-5-9-24(16)20(29)12-25-18(27)8-7-13(2)22-25/h7-8,10-11,16,23H,3-6,9,12H2,1-2H3/t16-/m0/s1. The van der Waals surface area contributed by atoms with E-state index in [4.69, 9.17) is 0 Å². The van der Waals surface area contributed by atoms with Gasteiger partial charge in [0, 0.05) is 30.4 Å². The summed E-state index contributed by atoms with van der Waals surface area (Å²) in [6.45, 7) is 4.23. The number of carbonyl (C=O) groups excluding carboxylic acids is 1. The number of rotatable bonds is 4. The molecule has 1 aliphatic rings. The SMILES string of the molecule is CCc1cc(=O)n2[nH]c([C@@H]3CCCCN3C(=O)Cn3nc(C)ccc3=O)cc2n1. The van der Waals surface area contributed by atoms with E-state index in [0.29, 0.717) is 24.3 Å². The Kier molecular flexibility index (Phi) is 5.04. The number of carbonyl (C=O) groups is 1. The molecule has 1 saturated heterocycles. The van der Waals surface area contributed by atoms with Crippen LogP contribution in [0.4, 0.5) is 0 Å². The van der Waals surface area contributed by atoms with E-state index in [1.165, 1.54) is 21.3 Å². The van der Waals surface area contributed by atoms with Crippen molar-refractivity contribution in [2.45, 2.75) is 52.1 Å². The van der Waals surface area contributed by atoms with Crippen LogP contribution in [-0.4, -0.2) is 41.7 Å². The molecule has 0 unspecified atom stereocenters. The fourth-order valence-electron chi connectivity index (χ4n) is 3.85. The van der Waals surface area contributed by atoms with E-state index in [0.717, 1.165) is 30.7 Å². The van der Waals surface area contributed by atoms with Crippen molar-refractivity contribution < 1.29 is 4.79 Å². The molecule has 0 aliphatic carbocycles. The molecule has 3 aromatic rings. The molecule has 9 nitrogen and oxygen atoms in total. The monoisotopic (exact) mass is 396 g/mol. The summed E-state index contributed by atoms with van der Waals surface area (Å²) < 4.78 is 2.62. The van der Waals surface area contributed by atoms with E-state index in [9.17, 15) is 14.4 Å². The second-order valence-corrected chi connectivity index (χ2v) is 7.41. The highest BCUT2D eigenvalue weighted by molar-refractivity contribution is 5.76. The number of aromatic amines is 1. The Morgan fingerprint density at radius 3 is 2.83 bits per heavy atom. The lowest BCUT2D eigenvalue weighted by Gasteiger charge is -2.35. The number of hydrogen-bond donors (Lipinski definition) is 1. The Balaban J connectivity index is 1.65. The summed E-state index contributed by atoms with van der Waals surface area (Å²) in [5.41, 5.74) is 2.29. The summed E-state index contributed by atoms with van der Waals surface area (Å²) >= 11 is 0. The van der Waals surface area contributed by atoms with Crippen LogP contribution in [0.1, 0.15) is 49.3 Å². The molecule has 0 aromatic carbocycles. The van der Waals surface area contributed by atoms with Gasteiger partial charge in [0.05, 0.1) is 17.4 Å². The maximum absolute atomic E-state index is 13.0. The van der Waals surface area contributed by atoms with Crippen molar-refractivity contribution in [1.29, 1.82) is 0 Å². The molecule has 0 saturated carbocycles. The summed E-state index contributed by atoms with van der Waals surface area (Å²) in [5, 5.41) is 7.28. The third-order valence-electron chi connectivity index (χ3n) is 5.35. The first-order chi connectivity index (χ1) is 14.0. The lowest BCUT2D eigenvalue weighted by molar-refractivity contribution is -0.136. The number of H-pyrrole nitrogens is 1. The Morgan fingerprint density at radius 1 is 1.21 bits per heavy atom. The summed E-state index contributed by atoms with van der Waals surface area (Å²) in [4.78, 5) is 43.7. The van der Waals surface area contributed by atoms with Crippen LogP contribution in [0.5, 0.6) is 0 Å². The fourth-order valence-corrected chi connectivity index (χ4v) is 3.85. The predicted octanol–water partition coefficient (Wildman–Crippen LogP) is 1.20. The van der Waals surface area contributed by atoms with Crippen molar-refractivity contribution in [3.05, 3.63) is 62.1 Å². The van der Waals surface area contributed by atoms with Crippen molar-refractivity contribution in [3.63, 3.8) is 0 Å². The van der Waals surface area contributed by atoms with E-state index in [-0.39, 0.29) is 29.6 Å². The third kappa shape index (κ3) is 3.72. The fraction of sp³-hybridized carbons (Fsp3) is 0.450. The smallest absolute Gasteiger partial charge is 0.272 e. The molecule has 9 heteroatoms. The summed E-state index contributed by atoms with van der Waals surface area (Å²) in [7, 11) is 0. The Hall–Kier alpha value is -3.23. The minimum absolute atomic E-state index is 0.102. The maximum atomic E-state index is 13.0. The number of hydrogen-bond acceptors (Lipinski definition) is 5. The topological polar surface area (TPSA) is 105 Å². The predicted molar refractivity (Wildman–Crippen MR) is 107 cm³/mol. The van der Waals surface area contributed by atoms with Gasteiger partial charge in [0.1, 0.15) is 6.54 Å². The number of fused-ring (bicyclic) bond motifs is 1. The van der Waals surface area contributed by atoms with Gasteiger partial charge in [0.2, 0.25) is 5.91 Å². The molecule has 152 valence electrons. The number of likely N-dealkylation sites (tertiary alicyclic amines) is 1. The first-order valence-electron chi connectivity index (χ1n) is 9.92. The van der Waals surface area contributed by atoms with Crippen LogP contribution in [0, 0.1) is 6.92 Å². The molecule has 4 heterocycles. The van der Waals surface area contributed by atoms with E-state index in [1.54, 1.807) is 17.9 Å². The van der Waals surface area contributed by atoms with Crippen LogP contribution < -0.4 is 11.1 Å². The first kappa shape index (κ1) is 19.1. The zero-order chi connectivity index (χ0) is 20.5. The molecule has 0 spiro atoms. The number of aromatic nitrogens is 5. The van der Waals surface area contributed by atoms with Gasteiger partial charge in [0.15, 0.2) is 5.65 Å². The normalized spacial score (nSPS) is 17.0. The Labute approximate surface area is 167 Å². The van der Waals surface area contributed by atoms with Crippen LogP contribution in [0.15, 0.2) is 33.9 Å². The number of aryl methyl sites for hydroxylation is 2. The average molecular weight is 396 g/mol. The molecule has 0 bridgehead atoms. The number of nitrogens with zero attached hydrogens (tertiary/aromatic N) is 5. The van der Waals surface area contributed by atoms with E-state index < -0.39 is 0 Å². The molecule has 1 N–H and O–H groups in total. The van der Waals surface area contributed by atoms with Gasteiger partial charge in [0.25, 0.3) is 11.1 Å². The van der Waals surface area contributed by atoms with Gasteiger partial charge in [-0.3, -0.25) is 19.5 Å². The first-order valence-corrected chi connectivity index (χ1v) is 9.92. The largest absolute Gasteiger partial charge is 0.333 e. The third-order valence-corrected chi connectivity index (χ3v) is 5.35. The molecule has 29 heavy (non-hydrogen) atoms. The van der Waals surface area contributed by atoms with Crippen molar-refractivity contribution in [1.82, 2.24) is 29.3 Å². The Morgan fingerprint density at radius 2 is 2.03 bits per heavy atom. The van der Waals surface area contributed by atoms with Crippen LogP contribution in [0.3, 0.4) is 0 Å². The quantitative estimate of drug-likeness (QED) is 0.713. The zero-order valence-electron chi connectivity index (χ0n) is 16.6. The second kappa shape index (κ2) is 7.65. The van der Waals surface area contributed by atoms with Gasteiger partial charge < -0.3 is 4.90 Å². The highest BCUT2D eigenvalue weighted by Gasteiger charge is 2.30. The van der Waals surface area contributed by atoms with Gasteiger partial charge in [-0.1, -0.05) is 6.92 Å². The molecule has 1 aliphatic heterocycles. The van der Waals surface area contributed by atoms with Gasteiger partial charge in [-0.25, -0.2) is 14.2 Å². The van der Waals surface area contributed by atoms with Gasteiger partial charge in [-0.2, -0.15) is 5.10 Å². The zero-order valence-corrected chi connectivity index (χ0v) is 16.6. The van der Waals surface area contributed by atoms with Crippen molar-refractivity contribution >= 4 is 11.6 Å². The maximum Gasteiger partial charge on any atom is 0.272 e. The van der Waals surface area contributed by atoms with Gasteiger partial charge >= 0.3 is 0 Å². The van der Waals surface area contributed by atoms with Crippen LogP contribution in [0.2, 0.25) is 0 Å². The number of nitrogens with one attached hydrogen (secondary N) is 1.